The van der Waals surface area contributed by atoms with Gasteiger partial charge in [-0.3, -0.25) is 4.68 Å². The summed E-state index contributed by atoms with van der Waals surface area (Å²) in [7, 11) is 1.71. The molecule has 4 N–H and O–H groups in total. The first kappa shape index (κ1) is 13.4. The molecule has 2 amide bonds. The Bertz CT molecular complexity index is 665. The number of carboxylic acids is 1. The van der Waals surface area contributed by atoms with Crippen LogP contribution in [0.3, 0.4) is 0 Å². The fourth-order valence-corrected chi connectivity index (χ4v) is 1.57. The lowest BCUT2D eigenvalue weighted by molar-refractivity contribution is 0.0694. The molecule has 0 radical (unpaired) electrons. The molecule has 1 aromatic heterocycles. The molecule has 0 aliphatic heterocycles. The number of carbonyl (C=O) groups is 2. The van der Waals surface area contributed by atoms with Gasteiger partial charge in [-0.05, 0) is 12.1 Å². The number of phenols is 1. The number of aromatic hydroxyl groups is 1. The van der Waals surface area contributed by atoms with Gasteiger partial charge in [-0.25, -0.2) is 9.59 Å². The summed E-state index contributed by atoms with van der Waals surface area (Å²) in [6.07, 6.45) is 3.09. The Labute approximate surface area is 113 Å². The maximum atomic E-state index is 11.7. The fourth-order valence-electron chi connectivity index (χ4n) is 1.57. The Morgan fingerprint density at radius 1 is 1.25 bits per heavy atom. The molecule has 8 heteroatoms. The summed E-state index contributed by atoms with van der Waals surface area (Å²) in [5, 5.41) is 27.2. The molecule has 2 aromatic rings. The zero-order valence-corrected chi connectivity index (χ0v) is 10.5. The van der Waals surface area contributed by atoms with Gasteiger partial charge >= 0.3 is 12.0 Å². The molecule has 2 rings (SSSR count). The number of nitrogens with one attached hydrogen (secondary N) is 2. The van der Waals surface area contributed by atoms with Crippen LogP contribution >= 0.6 is 0 Å². The van der Waals surface area contributed by atoms with E-state index in [9.17, 15) is 14.7 Å². The van der Waals surface area contributed by atoms with E-state index in [2.05, 4.69) is 15.7 Å². The molecule has 1 heterocycles. The fraction of sp³-hybridized carbons (Fsp3) is 0.0833. The molecular formula is C12H12N4O4. The van der Waals surface area contributed by atoms with Crippen LogP contribution in [0.25, 0.3) is 0 Å². The predicted molar refractivity (Wildman–Crippen MR) is 70.9 cm³/mol. The Kier molecular flexibility index (Phi) is 3.56. The van der Waals surface area contributed by atoms with Gasteiger partial charge in [0.05, 0.1) is 11.9 Å². The largest absolute Gasteiger partial charge is 0.507 e. The lowest BCUT2D eigenvalue weighted by Gasteiger charge is -2.07. The molecule has 0 bridgehead atoms. The minimum absolute atomic E-state index is 0.233. The maximum Gasteiger partial charge on any atom is 0.339 e. The summed E-state index contributed by atoms with van der Waals surface area (Å²) >= 11 is 0. The summed E-state index contributed by atoms with van der Waals surface area (Å²) in [5.74, 6) is -1.66. The minimum atomic E-state index is -1.24. The summed E-state index contributed by atoms with van der Waals surface area (Å²) in [4.78, 5) is 22.4. The Morgan fingerprint density at radius 2 is 1.95 bits per heavy atom. The third-order valence-corrected chi connectivity index (χ3v) is 2.45. The van der Waals surface area contributed by atoms with Gasteiger partial charge in [0, 0.05) is 25.0 Å². The summed E-state index contributed by atoms with van der Waals surface area (Å²) in [5.41, 5.74) is 0.550. The van der Waals surface area contributed by atoms with E-state index in [1.54, 1.807) is 13.2 Å². The number of urea groups is 1. The van der Waals surface area contributed by atoms with Crippen LogP contribution in [-0.4, -0.2) is 32.0 Å². The molecule has 20 heavy (non-hydrogen) atoms. The van der Waals surface area contributed by atoms with Crippen LogP contribution in [0.5, 0.6) is 5.75 Å². The first-order valence-electron chi connectivity index (χ1n) is 5.58. The van der Waals surface area contributed by atoms with Crippen molar-refractivity contribution in [1.82, 2.24) is 9.78 Å². The predicted octanol–water partition coefficient (Wildman–Crippen LogP) is 1.47. The van der Waals surface area contributed by atoms with E-state index in [0.717, 1.165) is 6.07 Å². The topological polar surface area (TPSA) is 116 Å². The highest BCUT2D eigenvalue weighted by molar-refractivity contribution is 6.00. The average Bonchev–Trinajstić information content (AvgIpc) is 2.74. The van der Waals surface area contributed by atoms with Gasteiger partial charge in [-0.2, -0.15) is 5.10 Å². The second kappa shape index (κ2) is 5.31. The molecule has 0 saturated heterocycles. The van der Waals surface area contributed by atoms with Crippen molar-refractivity contribution in [3.8, 4) is 5.75 Å². The normalized spacial score (nSPS) is 10.1. The molecule has 0 atom stereocenters. The summed E-state index contributed by atoms with van der Waals surface area (Å²) in [6, 6.07) is 3.22. The molecule has 8 nitrogen and oxygen atoms in total. The molecule has 0 fully saturated rings. The highest BCUT2D eigenvalue weighted by Crippen LogP contribution is 2.22. The number of aryl methyl sites for hydroxylation is 1. The van der Waals surface area contributed by atoms with Crippen molar-refractivity contribution in [2.24, 2.45) is 7.05 Å². The second-order valence-electron chi connectivity index (χ2n) is 4.02. The third-order valence-electron chi connectivity index (χ3n) is 2.45. The van der Waals surface area contributed by atoms with Crippen LogP contribution in [0, 0.1) is 0 Å². The van der Waals surface area contributed by atoms with E-state index >= 15 is 0 Å². The van der Waals surface area contributed by atoms with Crippen molar-refractivity contribution in [2.45, 2.75) is 0 Å². The highest BCUT2D eigenvalue weighted by atomic mass is 16.4. The molecule has 104 valence electrons. The SMILES string of the molecule is Cn1cc(NC(=O)Nc2ccc(C(=O)O)c(O)c2)cn1. The number of anilines is 2. The third kappa shape index (κ3) is 3.05. The van der Waals surface area contributed by atoms with Crippen LogP contribution in [0.1, 0.15) is 10.4 Å². The average molecular weight is 276 g/mol. The van der Waals surface area contributed by atoms with Crippen molar-refractivity contribution in [3.05, 3.63) is 36.2 Å². The van der Waals surface area contributed by atoms with Crippen LogP contribution in [-0.2, 0) is 7.05 Å². The van der Waals surface area contributed by atoms with Gasteiger partial charge in [-0.1, -0.05) is 0 Å². The Hall–Kier alpha value is -3.03. The first-order valence-corrected chi connectivity index (χ1v) is 5.58. The molecule has 0 saturated carbocycles. The maximum absolute atomic E-state index is 11.7. The number of hydrogen-bond acceptors (Lipinski definition) is 4. The van der Waals surface area contributed by atoms with Gasteiger partial charge in [0.2, 0.25) is 0 Å². The molecular weight excluding hydrogens is 264 g/mol. The molecule has 0 unspecified atom stereocenters. The molecule has 0 aliphatic rings. The molecule has 0 aliphatic carbocycles. The van der Waals surface area contributed by atoms with Gasteiger partial charge in [0.1, 0.15) is 11.3 Å². The van der Waals surface area contributed by atoms with E-state index in [1.165, 1.54) is 23.0 Å². The standard InChI is InChI=1S/C12H12N4O4/c1-16-6-8(5-13-16)15-12(20)14-7-2-3-9(11(18)19)10(17)4-7/h2-6,17H,1H3,(H,18,19)(H2,14,15,20). The van der Waals surface area contributed by atoms with Crippen molar-refractivity contribution in [3.63, 3.8) is 0 Å². The number of aromatic nitrogens is 2. The number of carbonyl (C=O) groups excluding carboxylic acids is 1. The number of amides is 2. The lowest BCUT2D eigenvalue weighted by atomic mass is 10.2. The summed E-state index contributed by atoms with van der Waals surface area (Å²) < 4.78 is 1.53. The number of carboxylic acid groups (broad SMARTS) is 1. The number of rotatable bonds is 3. The zero-order chi connectivity index (χ0) is 14.7. The van der Waals surface area contributed by atoms with Gasteiger partial charge < -0.3 is 20.8 Å². The number of hydrogen-bond donors (Lipinski definition) is 4. The van der Waals surface area contributed by atoms with Crippen molar-refractivity contribution < 1.29 is 19.8 Å². The van der Waals surface area contributed by atoms with Crippen LogP contribution in [0.2, 0.25) is 0 Å². The van der Waals surface area contributed by atoms with Crippen molar-refractivity contribution in [1.29, 1.82) is 0 Å². The van der Waals surface area contributed by atoms with Gasteiger partial charge in [0.15, 0.2) is 0 Å². The summed E-state index contributed by atoms with van der Waals surface area (Å²) in [6.45, 7) is 0. The highest BCUT2D eigenvalue weighted by Gasteiger charge is 2.11. The second-order valence-corrected chi connectivity index (χ2v) is 4.02. The minimum Gasteiger partial charge on any atom is -0.507 e. The Balaban J connectivity index is 2.04. The lowest BCUT2D eigenvalue weighted by Crippen LogP contribution is -2.19. The Morgan fingerprint density at radius 3 is 2.50 bits per heavy atom. The van der Waals surface area contributed by atoms with Crippen LogP contribution in [0.15, 0.2) is 30.6 Å². The van der Waals surface area contributed by atoms with Crippen LogP contribution in [0.4, 0.5) is 16.2 Å². The smallest absolute Gasteiger partial charge is 0.339 e. The first-order chi connectivity index (χ1) is 9.45. The number of aromatic carboxylic acids is 1. The monoisotopic (exact) mass is 276 g/mol. The van der Waals surface area contributed by atoms with Gasteiger partial charge in [-0.15, -0.1) is 0 Å². The molecule has 1 aromatic carbocycles. The van der Waals surface area contributed by atoms with Crippen LogP contribution < -0.4 is 10.6 Å². The zero-order valence-electron chi connectivity index (χ0n) is 10.5. The van der Waals surface area contributed by atoms with E-state index < -0.39 is 17.7 Å². The van der Waals surface area contributed by atoms with Gasteiger partial charge in [0.25, 0.3) is 0 Å². The van der Waals surface area contributed by atoms with E-state index in [-0.39, 0.29) is 11.3 Å². The van der Waals surface area contributed by atoms with E-state index in [0.29, 0.717) is 5.69 Å². The molecule has 0 spiro atoms. The quantitative estimate of drug-likeness (QED) is 0.677. The van der Waals surface area contributed by atoms with E-state index in [4.69, 9.17) is 5.11 Å². The number of nitrogens with zero attached hydrogens (tertiary/aromatic N) is 2. The number of benzene rings is 1. The van der Waals surface area contributed by atoms with E-state index in [1.807, 2.05) is 0 Å². The van der Waals surface area contributed by atoms with Crippen molar-refractivity contribution >= 4 is 23.4 Å². The van der Waals surface area contributed by atoms with Crippen molar-refractivity contribution in [2.75, 3.05) is 10.6 Å².